The summed E-state index contributed by atoms with van der Waals surface area (Å²) in [5.74, 6) is 0.304. The number of nitrogens with one attached hydrogen (secondary N) is 1. The van der Waals surface area contributed by atoms with Crippen molar-refractivity contribution in [3.05, 3.63) is 57.1 Å². The first-order valence-electron chi connectivity index (χ1n) is 9.71. The fraction of sp³-hybridized carbons (Fsp3) is 0.350. The van der Waals surface area contributed by atoms with Gasteiger partial charge in [-0.05, 0) is 42.7 Å². The molecule has 0 spiro atoms. The van der Waals surface area contributed by atoms with E-state index >= 15 is 0 Å². The van der Waals surface area contributed by atoms with Crippen LogP contribution in [-0.4, -0.2) is 49.5 Å². The van der Waals surface area contributed by atoms with E-state index in [4.69, 9.17) is 16.3 Å². The molecule has 3 rings (SSSR count). The Morgan fingerprint density at radius 3 is 2.62 bits per heavy atom. The van der Waals surface area contributed by atoms with Crippen molar-refractivity contribution >= 4 is 50.7 Å². The molecule has 1 amide bonds. The lowest BCUT2D eigenvalue weighted by molar-refractivity contribution is -0.385. The zero-order valence-corrected chi connectivity index (χ0v) is 19.6. The Balaban J connectivity index is 1.61. The number of rotatable bonds is 9. The van der Waals surface area contributed by atoms with E-state index < -0.39 is 14.9 Å². The maximum Gasteiger partial charge on any atom is 0.311 e. The average molecular weight is 500 g/mol. The van der Waals surface area contributed by atoms with Crippen LogP contribution in [-0.2, 0) is 20.6 Å². The number of amides is 1. The average Bonchev–Trinajstić information content (AvgIpc) is 3.31. The summed E-state index contributed by atoms with van der Waals surface area (Å²) in [4.78, 5) is 22.9. The second kappa shape index (κ2) is 10.5. The van der Waals surface area contributed by atoms with E-state index in [-0.39, 0.29) is 33.0 Å². The van der Waals surface area contributed by atoms with Gasteiger partial charge in [0.2, 0.25) is 15.9 Å². The van der Waals surface area contributed by atoms with Gasteiger partial charge in [0, 0.05) is 30.6 Å². The van der Waals surface area contributed by atoms with Crippen LogP contribution in [0.3, 0.4) is 0 Å². The number of benzene rings is 2. The topological polar surface area (TPSA) is 119 Å². The van der Waals surface area contributed by atoms with Crippen LogP contribution in [0.5, 0.6) is 5.75 Å². The van der Waals surface area contributed by atoms with Gasteiger partial charge in [0.1, 0.15) is 4.90 Å². The summed E-state index contributed by atoms with van der Waals surface area (Å²) in [5.41, 5.74) is 0.876. The number of methoxy groups -OCH3 is 1. The number of hydrogen-bond acceptors (Lipinski definition) is 7. The third-order valence-corrected chi connectivity index (χ3v) is 8.22. The molecule has 1 saturated heterocycles. The summed E-state index contributed by atoms with van der Waals surface area (Å²) in [6, 6.07) is 8.99. The molecule has 9 nitrogen and oxygen atoms in total. The Kier molecular flexibility index (Phi) is 7.99. The van der Waals surface area contributed by atoms with Gasteiger partial charge in [-0.2, -0.15) is 4.31 Å². The lowest BCUT2D eigenvalue weighted by Crippen LogP contribution is -2.28. The van der Waals surface area contributed by atoms with Crippen LogP contribution < -0.4 is 10.1 Å². The minimum Gasteiger partial charge on any atom is -0.490 e. The molecule has 1 N–H and O–H groups in total. The predicted molar refractivity (Wildman–Crippen MR) is 124 cm³/mol. The summed E-state index contributed by atoms with van der Waals surface area (Å²) in [6.45, 7) is 0.908. The highest BCUT2D eigenvalue weighted by molar-refractivity contribution is 7.99. The summed E-state index contributed by atoms with van der Waals surface area (Å²) in [7, 11) is -2.36. The van der Waals surface area contributed by atoms with Gasteiger partial charge >= 0.3 is 5.69 Å². The molecule has 0 saturated carbocycles. The lowest BCUT2D eigenvalue weighted by atomic mass is 10.2. The molecule has 1 fully saturated rings. The van der Waals surface area contributed by atoms with Crippen LogP contribution in [0.2, 0.25) is 5.02 Å². The van der Waals surface area contributed by atoms with E-state index in [1.165, 1.54) is 47.4 Å². The fourth-order valence-electron chi connectivity index (χ4n) is 3.27. The number of hydrogen-bond donors (Lipinski definition) is 1. The summed E-state index contributed by atoms with van der Waals surface area (Å²) in [6.07, 6.45) is 1.61. The first kappa shape index (κ1) is 24.3. The number of carbonyl (C=O) groups is 1. The Labute approximate surface area is 195 Å². The summed E-state index contributed by atoms with van der Waals surface area (Å²) >= 11 is 7.40. The molecule has 32 heavy (non-hydrogen) atoms. The maximum atomic E-state index is 12.8. The summed E-state index contributed by atoms with van der Waals surface area (Å²) < 4.78 is 32.0. The van der Waals surface area contributed by atoms with Crippen molar-refractivity contribution in [3.63, 3.8) is 0 Å². The highest BCUT2D eigenvalue weighted by Gasteiger charge is 2.29. The normalized spacial score (nSPS) is 14.3. The minimum atomic E-state index is -3.72. The molecule has 0 atom stereocenters. The molecule has 1 aliphatic heterocycles. The number of nitrogens with zero attached hydrogens (tertiary/aromatic N) is 2. The third-order valence-electron chi connectivity index (χ3n) is 4.84. The second-order valence-electron chi connectivity index (χ2n) is 7.06. The van der Waals surface area contributed by atoms with Crippen molar-refractivity contribution < 1.29 is 22.9 Å². The number of carbonyl (C=O) groups excluding carboxylic acids is 1. The largest absolute Gasteiger partial charge is 0.490 e. The first-order valence-corrected chi connectivity index (χ1v) is 12.7. The quantitative estimate of drug-likeness (QED) is 0.410. The molecule has 1 aliphatic rings. The van der Waals surface area contributed by atoms with Crippen LogP contribution in [0.25, 0.3) is 0 Å². The number of anilines is 1. The summed E-state index contributed by atoms with van der Waals surface area (Å²) in [5, 5.41) is 13.9. The minimum absolute atomic E-state index is 0.0305. The van der Waals surface area contributed by atoms with Crippen molar-refractivity contribution in [2.24, 2.45) is 0 Å². The number of halogens is 1. The molecular formula is C20H22ClN3O6S2. The van der Waals surface area contributed by atoms with Crippen molar-refractivity contribution in [3.8, 4) is 5.75 Å². The lowest BCUT2D eigenvalue weighted by Gasteiger charge is -2.17. The molecule has 172 valence electrons. The second-order valence-corrected chi connectivity index (χ2v) is 10.4. The van der Waals surface area contributed by atoms with Gasteiger partial charge in [-0.3, -0.25) is 14.9 Å². The van der Waals surface area contributed by atoms with Gasteiger partial charge in [0.05, 0.1) is 22.8 Å². The van der Waals surface area contributed by atoms with Gasteiger partial charge in [0.15, 0.2) is 5.75 Å². The number of nitro benzene ring substituents is 1. The Morgan fingerprint density at radius 1 is 1.25 bits per heavy atom. The number of nitro groups is 1. The van der Waals surface area contributed by atoms with Gasteiger partial charge in [-0.15, -0.1) is 11.8 Å². The Morgan fingerprint density at radius 2 is 1.97 bits per heavy atom. The smallest absolute Gasteiger partial charge is 0.311 e. The van der Waals surface area contributed by atoms with Crippen molar-refractivity contribution in [1.29, 1.82) is 0 Å². The van der Waals surface area contributed by atoms with Crippen LogP contribution in [0.15, 0.2) is 41.3 Å². The van der Waals surface area contributed by atoms with E-state index in [1.54, 1.807) is 12.1 Å². The SMILES string of the molecule is COc1ccc(CSCC(=O)Nc2ccc(Cl)c(S(=O)(=O)N3CCCC3)c2)cc1[N+](=O)[O-]. The standard InChI is InChI=1S/C20H22ClN3O6S2/c1-30-18-7-4-14(10-17(18)24(26)27)12-31-13-20(25)22-15-5-6-16(21)19(11-15)32(28,29)23-8-2-3-9-23/h4-7,10-11H,2-3,8-9,12-13H2,1H3,(H,22,25). The number of ether oxygens (including phenoxy) is 1. The number of thioether (sulfide) groups is 1. The van der Waals surface area contributed by atoms with Crippen molar-refractivity contribution in [2.75, 3.05) is 31.3 Å². The predicted octanol–water partition coefficient (Wildman–Crippen LogP) is 3.91. The monoisotopic (exact) mass is 499 g/mol. The molecule has 0 unspecified atom stereocenters. The zero-order chi connectivity index (χ0) is 23.3. The molecule has 1 heterocycles. The highest BCUT2D eigenvalue weighted by atomic mass is 35.5. The van der Waals surface area contributed by atoms with Gasteiger partial charge in [-0.25, -0.2) is 8.42 Å². The van der Waals surface area contributed by atoms with Gasteiger partial charge in [-0.1, -0.05) is 17.7 Å². The zero-order valence-electron chi connectivity index (χ0n) is 17.2. The Hall–Kier alpha value is -2.34. The highest BCUT2D eigenvalue weighted by Crippen LogP contribution is 2.31. The number of sulfonamides is 1. The molecule has 0 aliphatic carbocycles. The van der Waals surface area contributed by atoms with E-state index in [2.05, 4.69) is 5.32 Å². The van der Waals surface area contributed by atoms with E-state index in [9.17, 15) is 23.3 Å². The molecular weight excluding hydrogens is 478 g/mol. The molecule has 2 aromatic rings. The first-order chi connectivity index (χ1) is 15.2. The molecule has 0 bridgehead atoms. The fourth-order valence-corrected chi connectivity index (χ4v) is 6.07. The van der Waals surface area contributed by atoms with E-state index in [1.807, 2.05) is 0 Å². The molecule has 12 heteroatoms. The van der Waals surface area contributed by atoms with Crippen LogP contribution in [0.4, 0.5) is 11.4 Å². The molecule has 0 aromatic heterocycles. The van der Waals surface area contributed by atoms with Crippen LogP contribution >= 0.6 is 23.4 Å². The van der Waals surface area contributed by atoms with Gasteiger partial charge in [0.25, 0.3) is 0 Å². The van der Waals surface area contributed by atoms with Crippen molar-refractivity contribution in [2.45, 2.75) is 23.5 Å². The van der Waals surface area contributed by atoms with E-state index in [0.29, 0.717) is 30.1 Å². The Bertz CT molecular complexity index is 1120. The van der Waals surface area contributed by atoms with Crippen LogP contribution in [0, 0.1) is 10.1 Å². The van der Waals surface area contributed by atoms with Crippen LogP contribution in [0.1, 0.15) is 18.4 Å². The van der Waals surface area contributed by atoms with Gasteiger partial charge < -0.3 is 10.1 Å². The van der Waals surface area contributed by atoms with E-state index in [0.717, 1.165) is 12.8 Å². The maximum absolute atomic E-state index is 12.8. The third kappa shape index (κ3) is 5.71. The molecule has 2 aromatic carbocycles. The van der Waals surface area contributed by atoms with Crippen molar-refractivity contribution in [1.82, 2.24) is 4.31 Å². The molecule has 0 radical (unpaired) electrons.